The lowest BCUT2D eigenvalue weighted by Crippen LogP contribution is -2.62. The molecule has 1 heterocycles. The van der Waals surface area contributed by atoms with Crippen LogP contribution in [0.5, 0.6) is 0 Å². The molecule has 1 aromatic rings. The maximum absolute atomic E-state index is 9.99. The summed E-state index contributed by atoms with van der Waals surface area (Å²) in [7, 11) is 0. The van der Waals surface area contributed by atoms with Gasteiger partial charge in [0.05, 0.1) is 18.8 Å². The molecule has 0 aromatic heterocycles. The average Bonchev–Trinajstić information content (AvgIpc) is 2.67. The number of nitrogens with zero attached hydrogens (tertiary/aromatic N) is 4. The highest BCUT2D eigenvalue weighted by molar-refractivity contribution is 5.57. The van der Waals surface area contributed by atoms with Crippen LogP contribution in [0.1, 0.15) is 31.2 Å². The Morgan fingerprint density at radius 3 is 2.61 bits per heavy atom. The van der Waals surface area contributed by atoms with Crippen LogP contribution in [0.25, 0.3) is 10.4 Å². The van der Waals surface area contributed by atoms with E-state index in [0.717, 1.165) is 43.5 Å². The molecule has 4 atom stereocenters. The molecule has 5 N–H and O–H groups in total. The van der Waals surface area contributed by atoms with E-state index in [1.54, 1.807) is 6.07 Å². The minimum Gasteiger partial charge on any atom is -0.395 e. The molecule has 0 aliphatic carbocycles. The molecule has 1 saturated heterocycles. The van der Waals surface area contributed by atoms with Crippen LogP contribution < -0.4 is 5.32 Å². The van der Waals surface area contributed by atoms with E-state index in [0.29, 0.717) is 12.2 Å². The molecule has 1 aliphatic heterocycles. The number of unbranched alkanes of at least 4 members (excludes halogenated alkanes) is 3. The zero-order valence-corrected chi connectivity index (χ0v) is 16.3. The summed E-state index contributed by atoms with van der Waals surface area (Å²) in [4.78, 5) is 4.64. The summed E-state index contributed by atoms with van der Waals surface area (Å²) >= 11 is 0. The molecule has 9 heteroatoms. The number of anilines is 1. The lowest BCUT2D eigenvalue weighted by Gasteiger charge is -2.43. The Kier molecular flexibility index (Phi) is 8.98. The predicted octanol–water partition coefficient (Wildman–Crippen LogP) is 1.67. The SMILES string of the molecule is Cc1cc(N=[N+]=[N-])ccc1NCCCCCCN1C[C@H](O)[C@@H](O)[C@H](O)[C@H]1CO. The number of aryl methyl sites for hydroxylation is 1. The summed E-state index contributed by atoms with van der Waals surface area (Å²) in [6.45, 7) is 3.49. The molecule has 1 aromatic carbocycles. The molecule has 1 fully saturated rings. The number of hydrogen-bond acceptors (Lipinski definition) is 7. The van der Waals surface area contributed by atoms with Crippen molar-refractivity contribution in [2.75, 3.05) is 31.6 Å². The number of nitrogens with one attached hydrogen (secondary N) is 1. The van der Waals surface area contributed by atoms with Gasteiger partial charge < -0.3 is 25.7 Å². The molecule has 1 aliphatic rings. The van der Waals surface area contributed by atoms with Crippen molar-refractivity contribution in [3.63, 3.8) is 0 Å². The van der Waals surface area contributed by atoms with Crippen molar-refractivity contribution in [1.29, 1.82) is 0 Å². The molecule has 0 radical (unpaired) electrons. The summed E-state index contributed by atoms with van der Waals surface area (Å²) in [5, 5.41) is 46.0. The first kappa shape index (κ1) is 22.4. The van der Waals surface area contributed by atoms with Crippen LogP contribution in [0, 0.1) is 6.92 Å². The quantitative estimate of drug-likeness (QED) is 0.177. The smallest absolute Gasteiger partial charge is 0.109 e. The lowest BCUT2D eigenvalue weighted by atomic mass is 9.94. The van der Waals surface area contributed by atoms with Crippen LogP contribution in [0.3, 0.4) is 0 Å². The fourth-order valence-corrected chi connectivity index (χ4v) is 3.61. The molecule has 28 heavy (non-hydrogen) atoms. The third-order valence-electron chi connectivity index (χ3n) is 5.27. The van der Waals surface area contributed by atoms with E-state index in [9.17, 15) is 20.4 Å². The molecule has 9 nitrogen and oxygen atoms in total. The fraction of sp³-hybridized carbons (Fsp3) is 0.684. The van der Waals surface area contributed by atoms with E-state index in [1.807, 2.05) is 24.0 Å². The van der Waals surface area contributed by atoms with Crippen molar-refractivity contribution in [2.24, 2.45) is 5.11 Å². The van der Waals surface area contributed by atoms with Gasteiger partial charge in [-0.05, 0) is 49.5 Å². The Balaban J connectivity index is 1.65. The van der Waals surface area contributed by atoms with E-state index in [-0.39, 0.29) is 13.2 Å². The first-order chi connectivity index (χ1) is 13.5. The van der Waals surface area contributed by atoms with Crippen LogP contribution >= 0.6 is 0 Å². The highest BCUT2D eigenvalue weighted by Gasteiger charge is 2.40. The average molecular weight is 393 g/mol. The molecular formula is C19H31N5O4. The second kappa shape index (κ2) is 11.2. The van der Waals surface area contributed by atoms with Gasteiger partial charge in [-0.25, -0.2) is 0 Å². The molecule has 0 saturated carbocycles. The van der Waals surface area contributed by atoms with E-state index < -0.39 is 24.4 Å². The standard InChI is InChI=1S/C19H31N5O4/c1-13-10-14(22-23-20)6-7-15(13)21-8-4-2-3-5-9-24-11-17(26)19(28)18(27)16(24)12-25/h6-7,10,16-19,21,25-28H,2-5,8-9,11-12H2,1H3/t16-,17+,18-,19-/m1/s1. The second-order valence-electron chi connectivity index (χ2n) is 7.32. The number of β-amino-alcohol motifs (C(OH)–C–C–N with tert-alkyl or cyclic N) is 1. The Labute approximate surface area is 165 Å². The van der Waals surface area contributed by atoms with E-state index >= 15 is 0 Å². The molecule has 2 rings (SSSR count). The topological polar surface area (TPSA) is 145 Å². The summed E-state index contributed by atoms with van der Waals surface area (Å²) in [6, 6.07) is 5.01. The molecule has 0 amide bonds. The van der Waals surface area contributed by atoms with Crippen molar-refractivity contribution in [3.8, 4) is 0 Å². The molecule has 0 unspecified atom stereocenters. The van der Waals surface area contributed by atoms with E-state index in [4.69, 9.17) is 5.53 Å². The van der Waals surface area contributed by atoms with Crippen LogP contribution in [-0.4, -0.2) is 75.9 Å². The molecule has 156 valence electrons. The number of hydrogen-bond donors (Lipinski definition) is 5. The van der Waals surface area contributed by atoms with Crippen molar-refractivity contribution in [1.82, 2.24) is 4.90 Å². The largest absolute Gasteiger partial charge is 0.395 e. The Hall–Kier alpha value is -1.87. The first-order valence-corrected chi connectivity index (χ1v) is 9.76. The third-order valence-corrected chi connectivity index (χ3v) is 5.27. The highest BCUT2D eigenvalue weighted by atomic mass is 16.4. The number of azide groups is 1. The summed E-state index contributed by atoms with van der Waals surface area (Å²) in [6.07, 6.45) is 0.607. The van der Waals surface area contributed by atoms with Crippen LogP contribution in [0.2, 0.25) is 0 Å². The van der Waals surface area contributed by atoms with Crippen molar-refractivity contribution < 1.29 is 20.4 Å². The van der Waals surface area contributed by atoms with Crippen molar-refractivity contribution >= 4 is 11.4 Å². The van der Waals surface area contributed by atoms with Crippen LogP contribution in [0.15, 0.2) is 23.3 Å². The van der Waals surface area contributed by atoms with E-state index in [1.165, 1.54) is 0 Å². The van der Waals surface area contributed by atoms with Crippen LogP contribution in [-0.2, 0) is 0 Å². The van der Waals surface area contributed by atoms with Gasteiger partial charge in [0.25, 0.3) is 0 Å². The maximum atomic E-state index is 9.99. The number of likely N-dealkylation sites (tertiary alicyclic amines) is 1. The van der Waals surface area contributed by atoms with Gasteiger partial charge in [-0.2, -0.15) is 0 Å². The number of benzene rings is 1. The van der Waals surface area contributed by atoms with Gasteiger partial charge in [0.2, 0.25) is 0 Å². The van der Waals surface area contributed by atoms with Crippen molar-refractivity contribution in [3.05, 3.63) is 34.2 Å². The number of aliphatic hydroxyl groups excluding tert-OH is 4. The zero-order valence-electron chi connectivity index (χ0n) is 16.3. The van der Waals surface area contributed by atoms with E-state index in [2.05, 4.69) is 15.3 Å². The van der Waals surface area contributed by atoms with Gasteiger partial charge in [-0.1, -0.05) is 24.0 Å². The zero-order chi connectivity index (χ0) is 20.5. The Morgan fingerprint density at radius 1 is 1.18 bits per heavy atom. The Morgan fingerprint density at radius 2 is 1.93 bits per heavy atom. The highest BCUT2D eigenvalue weighted by Crippen LogP contribution is 2.22. The minimum absolute atomic E-state index is 0.243. The predicted molar refractivity (Wildman–Crippen MR) is 107 cm³/mol. The van der Waals surface area contributed by atoms with Gasteiger partial charge in [-0.3, -0.25) is 4.90 Å². The Bertz CT molecular complexity index is 668. The lowest BCUT2D eigenvalue weighted by molar-refractivity contribution is -0.145. The molecule has 0 spiro atoms. The fourth-order valence-electron chi connectivity index (χ4n) is 3.61. The molecular weight excluding hydrogens is 362 g/mol. The summed E-state index contributed by atoms with van der Waals surface area (Å²) < 4.78 is 0. The van der Waals surface area contributed by atoms with Gasteiger partial charge in [0.15, 0.2) is 0 Å². The monoisotopic (exact) mass is 393 g/mol. The maximum Gasteiger partial charge on any atom is 0.109 e. The van der Waals surface area contributed by atoms with Gasteiger partial charge in [-0.15, -0.1) is 0 Å². The van der Waals surface area contributed by atoms with Gasteiger partial charge >= 0.3 is 0 Å². The first-order valence-electron chi connectivity index (χ1n) is 9.76. The second-order valence-corrected chi connectivity index (χ2v) is 7.32. The van der Waals surface area contributed by atoms with Gasteiger partial charge in [0.1, 0.15) is 12.2 Å². The van der Waals surface area contributed by atoms with Crippen LogP contribution in [0.4, 0.5) is 11.4 Å². The molecule has 0 bridgehead atoms. The van der Waals surface area contributed by atoms with Crippen molar-refractivity contribution in [2.45, 2.75) is 57.0 Å². The third kappa shape index (κ3) is 6.07. The summed E-state index contributed by atoms with van der Waals surface area (Å²) in [5.41, 5.74) is 11.1. The summed E-state index contributed by atoms with van der Waals surface area (Å²) in [5.74, 6) is 0. The number of piperidine rings is 1. The normalized spacial score (nSPS) is 25.3. The number of rotatable bonds is 10. The van der Waals surface area contributed by atoms with Gasteiger partial charge in [0, 0.05) is 29.4 Å². The number of aliphatic hydroxyl groups is 4. The minimum atomic E-state index is -1.20.